The Hall–Kier alpha value is -3.36. The van der Waals surface area contributed by atoms with E-state index < -0.39 is 11.6 Å². The van der Waals surface area contributed by atoms with E-state index in [2.05, 4.69) is 5.10 Å². The molecule has 3 rings (SSSR count). The Balaban J connectivity index is 1.64. The number of carbonyl (C=O) groups excluding carboxylic acids is 3. The van der Waals surface area contributed by atoms with Gasteiger partial charge in [-0.3, -0.25) is 4.79 Å². The van der Waals surface area contributed by atoms with Crippen LogP contribution >= 0.6 is 0 Å². The average molecular weight is 485 g/mol. The van der Waals surface area contributed by atoms with Crippen molar-refractivity contribution in [2.75, 3.05) is 33.3 Å². The van der Waals surface area contributed by atoms with Crippen molar-refractivity contribution in [3.63, 3.8) is 0 Å². The maximum Gasteiger partial charge on any atom is 0.410 e. The van der Waals surface area contributed by atoms with Crippen molar-refractivity contribution in [3.05, 3.63) is 47.3 Å². The summed E-state index contributed by atoms with van der Waals surface area (Å²) in [5.74, 6) is -0.247. The van der Waals surface area contributed by atoms with E-state index in [0.717, 1.165) is 18.5 Å². The third-order valence-corrected chi connectivity index (χ3v) is 5.91. The summed E-state index contributed by atoms with van der Waals surface area (Å²) in [6.45, 7) is 11.2. The Morgan fingerprint density at radius 1 is 1.17 bits per heavy atom. The molecule has 2 amide bonds. The van der Waals surface area contributed by atoms with Crippen LogP contribution in [0.3, 0.4) is 0 Å². The molecule has 190 valence electrons. The number of ether oxygens (including phenoxy) is 2. The van der Waals surface area contributed by atoms with Gasteiger partial charge < -0.3 is 19.3 Å². The lowest BCUT2D eigenvalue weighted by atomic mass is 9.97. The van der Waals surface area contributed by atoms with Crippen LogP contribution in [0.25, 0.3) is 5.69 Å². The third kappa shape index (κ3) is 6.61. The van der Waals surface area contributed by atoms with Gasteiger partial charge in [0, 0.05) is 32.2 Å². The maximum absolute atomic E-state index is 13.2. The zero-order valence-corrected chi connectivity index (χ0v) is 21.5. The Bertz CT molecular complexity index is 1050. The lowest BCUT2D eigenvalue weighted by Gasteiger charge is -2.35. The second-order valence-electron chi connectivity index (χ2n) is 9.94. The average Bonchev–Trinajstić information content (AvgIpc) is 3.19. The van der Waals surface area contributed by atoms with Gasteiger partial charge in [0.2, 0.25) is 0 Å². The van der Waals surface area contributed by atoms with E-state index >= 15 is 0 Å². The van der Waals surface area contributed by atoms with Crippen LogP contribution in [0.15, 0.2) is 30.5 Å². The predicted molar refractivity (Wildman–Crippen MR) is 132 cm³/mol. The Kier molecular flexibility index (Phi) is 8.19. The molecule has 0 bridgehead atoms. The maximum atomic E-state index is 13.2. The van der Waals surface area contributed by atoms with Crippen molar-refractivity contribution in [1.29, 1.82) is 0 Å². The number of aromatic nitrogens is 2. The van der Waals surface area contributed by atoms with Crippen molar-refractivity contribution >= 4 is 18.0 Å². The zero-order chi connectivity index (χ0) is 25.8. The molecule has 35 heavy (non-hydrogen) atoms. The predicted octanol–water partition coefficient (Wildman–Crippen LogP) is 4.08. The van der Waals surface area contributed by atoms with Gasteiger partial charge >= 0.3 is 12.1 Å². The first kappa shape index (κ1) is 26.2. The Labute approximate surface area is 207 Å². The van der Waals surface area contributed by atoms with Gasteiger partial charge in [-0.2, -0.15) is 5.10 Å². The van der Waals surface area contributed by atoms with E-state index in [9.17, 15) is 14.4 Å². The SMILES string of the molecule is CCOC(=O)c1cnn(-c2ccc(C(=O)N3CCCC(CN(C)C(=O)OC(C)(C)C)C3)cc2)c1C. The van der Waals surface area contributed by atoms with Gasteiger partial charge in [-0.15, -0.1) is 0 Å². The molecule has 0 spiro atoms. The van der Waals surface area contributed by atoms with Crippen LogP contribution in [-0.4, -0.2) is 76.4 Å². The molecule has 9 nitrogen and oxygen atoms in total. The van der Waals surface area contributed by atoms with E-state index in [1.54, 1.807) is 42.6 Å². The molecule has 1 aromatic heterocycles. The molecule has 2 heterocycles. The van der Waals surface area contributed by atoms with E-state index in [1.165, 1.54) is 6.20 Å². The number of esters is 1. The summed E-state index contributed by atoms with van der Waals surface area (Å²) in [7, 11) is 1.73. The van der Waals surface area contributed by atoms with Crippen LogP contribution in [0.1, 0.15) is 66.9 Å². The normalized spacial score (nSPS) is 16.1. The van der Waals surface area contributed by atoms with Crippen molar-refractivity contribution < 1.29 is 23.9 Å². The minimum atomic E-state index is -0.541. The molecule has 1 aromatic carbocycles. The van der Waals surface area contributed by atoms with Gasteiger partial charge in [-0.1, -0.05) is 0 Å². The van der Waals surface area contributed by atoms with Crippen LogP contribution in [-0.2, 0) is 9.47 Å². The number of benzene rings is 1. The van der Waals surface area contributed by atoms with E-state index in [4.69, 9.17) is 9.47 Å². The summed E-state index contributed by atoms with van der Waals surface area (Å²) in [5.41, 5.74) is 1.90. The van der Waals surface area contributed by atoms with Gasteiger partial charge in [-0.25, -0.2) is 14.3 Å². The lowest BCUT2D eigenvalue weighted by Crippen LogP contribution is -2.45. The lowest BCUT2D eigenvalue weighted by molar-refractivity contribution is 0.0244. The van der Waals surface area contributed by atoms with Gasteiger partial charge in [-0.05, 0) is 77.6 Å². The number of rotatable bonds is 6. The second kappa shape index (κ2) is 10.9. The fourth-order valence-corrected chi connectivity index (χ4v) is 4.21. The summed E-state index contributed by atoms with van der Waals surface area (Å²) < 4.78 is 12.2. The number of hydrogen-bond donors (Lipinski definition) is 0. The van der Waals surface area contributed by atoms with Crippen LogP contribution < -0.4 is 0 Å². The van der Waals surface area contributed by atoms with Gasteiger partial charge in [0.05, 0.1) is 24.2 Å². The fraction of sp³-hybridized carbons (Fsp3) is 0.538. The molecule has 2 aromatic rings. The molecular weight excluding hydrogens is 448 g/mol. The number of hydrogen-bond acceptors (Lipinski definition) is 6. The molecule has 1 atom stereocenters. The van der Waals surface area contributed by atoms with Crippen molar-refractivity contribution in [2.24, 2.45) is 5.92 Å². The highest BCUT2D eigenvalue weighted by Crippen LogP contribution is 2.22. The monoisotopic (exact) mass is 484 g/mol. The van der Waals surface area contributed by atoms with Crippen LogP contribution in [0.4, 0.5) is 4.79 Å². The Morgan fingerprint density at radius 3 is 2.49 bits per heavy atom. The summed E-state index contributed by atoms with van der Waals surface area (Å²) in [4.78, 5) is 41.0. The molecule has 0 saturated carbocycles. The van der Waals surface area contributed by atoms with E-state index in [0.29, 0.717) is 43.1 Å². The molecule has 1 saturated heterocycles. The largest absolute Gasteiger partial charge is 0.462 e. The van der Waals surface area contributed by atoms with Crippen LogP contribution in [0, 0.1) is 12.8 Å². The smallest absolute Gasteiger partial charge is 0.410 e. The minimum absolute atomic E-state index is 0.0365. The summed E-state index contributed by atoms with van der Waals surface area (Å²) in [6, 6.07) is 7.19. The Morgan fingerprint density at radius 2 is 1.86 bits per heavy atom. The summed E-state index contributed by atoms with van der Waals surface area (Å²) in [6.07, 6.45) is 2.99. The molecule has 0 N–H and O–H groups in total. The summed E-state index contributed by atoms with van der Waals surface area (Å²) in [5, 5.41) is 4.31. The quantitative estimate of drug-likeness (QED) is 0.574. The number of amides is 2. The van der Waals surface area contributed by atoms with Crippen LogP contribution in [0.5, 0.6) is 0 Å². The first-order valence-corrected chi connectivity index (χ1v) is 12.1. The highest BCUT2D eigenvalue weighted by molar-refractivity contribution is 5.94. The highest BCUT2D eigenvalue weighted by Gasteiger charge is 2.28. The molecule has 0 radical (unpaired) electrons. The van der Waals surface area contributed by atoms with Crippen molar-refractivity contribution in [1.82, 2.24) is 19.6 Å². The first-order valence-electron chi connectivity index (χ1n) is 12.1. The number of piperidine rings is 1. The molecule has 1 aliphatic rings. The van der Waals surface area contributed by atoms with Gasteiger partial charge in [0.15, 0.2) is 0 Å². The molecule has 1 fully saturated rings. The minimum Gasteiger partial charge on any atom is -0.462 e. The van der Waals surface area contributed by atoms with E-state index in [-0.39, 0.29) is 17.9 Å². The number of carbonyl (C=O) groups is 3. The standard InChI is InChI=1S/C26H36N4O5/c1-7-34-24(32)22-15-27-30(18(22)2)21-12-10-20(11-13-21)23(31)29-14-8-9-19(17-29)16-28(6)25(33)35-26(3,4)5/h10-13,15,19H,7-9,14,16-17H2,1-6H3. The zero-order valence-electron chi connectivity index (χ0n) is 21.5. The van der Waals surface area contributed by atoms with Gasteiger partial charge in [0.25, 0.3) is 5.91 Å². The van der Waals surface area contributed by atoms with Crippen molar-refractivity contribution in [2.45, 2.75) is 53.1 Å². The fourth-order valence-electron chi connectivity index (χ4n) is 4.21. The second-order valence-corrected chi connectivity index (χ2v) is 9.94. The number of nitrogens with zero attached hydrogens (tertiary/aromatic N) is 4. The topological polar surface area (TPSA) is 94.0 Å². The van der Waals surface area contributed by atoms with Crippen LogP contribution in [0.2, 0.25) is 0 Å². The molecule has 1 unspecified atom stereocenters. The van der Waals surface area contributed by atoms with Gasteiger partial charge in [0.1, 0.15) is 11.2 Å². The molecular formula is C26H36N4O5. The van der Waals surface area contributed by atoms with Crippen molar-refractivity contribution in [3.8, 4) is 5.69 Å². The number of likely N-dealkylation sites (tertiary alicyclic amines) is 1. The molecule has 0 aliphatic carbocycles. The molecule has 1 aliphatic heterocycles. The molecule has 9 heteroatoms. The van der Waals surface area contributed by atoms with E-state index in [1.807, 2.05) is 37.8 Å². The first-order chi connectivity index (χ1) is 16.5. The summed E-state index contributed by atoms with van der Waals surface area (Å²) >= 11 is 0. The highest BCUT2D eigenvalue weighted by atomic mass is 16.6. The third-order valence-electron chi connectivity index (χ3n) is 5.91.